The topological polar surface area (TPSA) is 12.5 Å². The standard InChI is InChI=1S/C9H15NO/c1-7-5-6-9(11-4)10(3)8(7)2/h5-6,9H,1-4H3. The number of rotatable bonds is 1. The van der Waals surface area contributed by atoms with Gasteiger partial charge in [-0.2, -0.15) is 0 Å². The number of allylic oxidation sites excluding steroid dienone is 3. The van der Waals surface area contributed by atoms with E-state index in [0.717, 1.165) is 0 Å². The highest BCUT2D eigenvalue weighted by atomic mass is 16.5. The minimum Gasteiger partial charge on any atom is -0.358 e. The molecule has 1 rings (SSSR count). The van der Waals surface area contributed by atoms with E-state index in [-0.39, 0.29) is 6.23 Å². The van der Waals surface area contributed by atoms with Gasteiger partial charge in [0.05, 0.1) is 0 Å². The summed E-state index contributed by atoms with van der Waals surface area (Å²) in [6.07, 6.45) is 4.27. The van der Waals surface area contributed by atoms with Crippen molar-refractivity contribution >= 4 is 0 Å². The normalized spacial score (nSPS) is 24.7. The quantitative estimate of drug-likeness (QED) is 0.569. The highest BCUT2D eigenvalue weighted by Crippen LogP contribution is 2.18. The lowest BCUT2D eigenvalue weighted by Crippen LogP contribution is -2.32. The van der Waals surface area contributed by atoms with Crippen LogP contribution in [0.15, 0.2) is 23.4 Å². The van der Waals surface area contributed by atoms with Crippen LogP contribution in [0.25, 0.3) is 0 Å². The van der Waals surface area contributed by atoms with Crippen molar-refractivity contribution in [1.29, 1.82) is 0 Å². The van der Waals surface area contributed by atoms with Gasteiger partial charge in [0.1, 0.15) is 6.23 Å². The maximum absolute atomic E-state index is 5.23. The predicted molar refractivity (Wildman–Crippen MR) is 46.1 cm³/mol. The minimum absolute atomic E-state index is 0.110. The Morgan fingerprint density at radius 2 is 2.09 bits per heavy atom. The van der Waals surface area contributed by atoms with Gasteiger partial charge >= 0.3 is 0 Å². The number of methoxy groups -OCH3 is 1. The van der Waals surface area contributed by atoms with E-state index in [1.165, 1.54) is 11.3 Å². The second-order valence-corrected chi connectivity index (χ2v) is 2.86. The molecule has 2 nitrogen and oxygen atoms in total. The Bertz CT molecular complexity index is 206. The lowest BCUT2D eigenvalue weighted by molar-refractivity contribution is 0.0362. The van der Waals surface area contributed by atoms with Gasteiger partial charge in [-0.3, -0.25) is 0 Å². The Labute approximate surface area is 68.1 Å². The highest BCUT2D eigenvalue weighted by Gasteiger charge is 2.15. The molecular weight excluding hydrogens is 138 g/mol. The summed E-state index contributed by atoms with van der Waals surface area (Å²) in [6, 6.07) is 0. The molecule has 0 saturated carbocycles. The second kappa shape index (κ2) is 3.09. The molecule has 0 saturated heterocycles. The molecule has 1 aliphatic heterocycles. The molecule has 1 atom stereocenters. The zero-order chi connectivity index (χ0) is 8.43. The molecule has 1 unspecified atom stereocenters. The molecule has 0 aromatic rings. The van der Waals surface area contributed by atoms with Gasteiger partial charge in [-0.25, -0.2) is 0 Å². The molecule has 1 aliphatic rings. The van der Waals surface area contributed by atoms with E-state index in [4.69, 9.17) is 4.74 Å². The fourth-order valence-electron chi connectivity index (χ4n) is 1.18. The van der Waals surface area contributed by atoms with E-state index in [2.05, 4.69) is 30.9 Å². The zero-order valence-corrected chi connectivity index (χ0v) is 7.59. The number of likely N-dealkylation sites (N-methyl/N-ethyl adjacent to an activating group) is 1. The molecule has 2 heteroatoms. The molecule has 11 heavy (non-hydrogen) atoms. The van der Waals surface area contributed by atoms with Crippen LogP contribution in [0.2, 0.25) is 0 Å². The molecule has 62 valence electrons. The lowest BCUT2D eigenvalue weighted by Gasteiger charge is -2.30. The summed E-state index contributed by atoms with van der Waals surface area (Å²) in [4.78, 5) is 2.12. The monoisotopic (exact) mass is 153 g/mol. The molecular formula is C9H15NO. The first kappa shape index (κ1) is 8.34. The van der Waals surface area contributed by atoms with E-state index in [9.17, 15) is 0 Å². The van der Waals surface area contributed by atoms with Crippen LogP contribution in [0.5, 0.6) is 0 Å². The van der Waals surface area contributed by atoms with Crippen LogP contribution >= 0.6 is 0 Å². The molecule has 0 aromatic heterocycles. The minimum atomic E-state index is 0.110. The van der Waals surface area contributed by atoms with Crippen molar-refractivity contribution in [3.8, 4) is 0 Å². The van der Waals surface area contributed by atoms with Gasteiger partial charge in [-0.05, 0) is 25.5 Å². The molecule has 0 N–H and O–H groups in total. The summed E-state index contributed by atoms with van der Waals surface area (Å²) in [7, 11) is 3.76. The van der Waals surface area contributed by atoms with E-state index in [0.29, 0.717) is 0 Å². The number of hydrogen-bond acceptors (Lipinski definition) is 2. The maximum atomic E-state index is 5.23. The second-order valence-electron chi connectivity index (χ2n) is 2.86. The summed E-state index contributed by atoms with van der Waals surface area (Å²) < 4.78 is 5.23. The first-order valence-corrected chi connectivity index (χ1v) is 3.78. The Morgan fingerprint density at radius 1 is 1.45 bits per heavy atom. The summed E-state index contributed by atoms with van der Waals surface area (Å²) in [5.41, 5.74) is 2.58. The van der Waals surface area contributed by atoms with Crippen LogP contribution in [-0.4, -0.2) is 25.3 Å². The van der Waals surface area contributed by atoms with Crippen molar-refractivity contribution in [2.75, 3.05) is 14.2 Å². The summed E-state index contributed by atoms with van der Waals surface area (Å²) in [6.45, 7) is 4.21. The van der Waals surface area contributed by atoms with Gasteiger partial charge < -0.3 is 9.64 Å². The van der Waals surface area contributed by atoms with Gasteiger partial charge in [-0.15, -0.1) is 0 Å². The van der Waals surface area contributed by atoms with Gasteiger partial charge in [0, 0.05) is 19.9 Å². The van der Waals surface area contributed by atoms with E-state index < -0.39 is 0 Å². The first-order chi connectivity index (χ1) is 5.16. The fourth-order valence-corrected chi connectivity index (χ4v) is 1.18. The Balaban J connectivity index is 2.82. The van der Waals surface area contributed by atoms with Crippen LogP contribution in [0.4, 0.5) is 0 Å². The van der Waals surface area contributed by atoms with Crippen LogP contribution in [-0.2, 0) is 4.74 Å². The van der Waals surface area contributed by atoms with Crippen molar-refractivity contribution in [1.82, 2.24) is 4.90 Å². The predicted octanol–water partition coefficient (Wildman–Crippen LogP) is 1.75. The smallest absolute Gasteiger partial charge is 0.148 e. The molecule has 0 spiro atoms. The van der Waals surface area contributed by atoms with E-state index in [1.54, 1.807) is 7.11 Å². The maximum Gasteiger partial charge on any atom is 0.148 e. The molecule has 0 bridgehead atoms. The molecule has 0 aliphatic carbocycles. The Hall–Kier alpha value is -0.760. The molecule has 1 heterocycles. The van der Waals surface area contributed by atoms with Crippen molar-refractivity contribution in [3.05, 3.63) is 23.4 Å². The summed E-state index contributed by atoms with van der Waals surface area (Å²) in [5.74, 6) is 0. The number of nitrogens with zero attached hydrogens (tertiary/aromatic N) is 1. The SMILES string of the molecule is COC1C=CC(C)=C(C)N1C. The van der Waals surface area contributed by atoms with Crippen LogP contribution in [0.3, 0.4) is 0 Å². The third-order valence-corrected chi connectivity index (χ3v) is 2.23. The van der Waals surface area contributed by atoms with Gasteiger partial charge in [0.15, 0.2) is 0 Å². The average molecular weight is 153 g/mol. The fraction of sp³-hybridized carbons (Fsp3) is 0.556. The first-order valence-electron chi connectivity index (χ1n) is 3.78. The highest BCUT2D eigenvalue weighted by molar-refractivity contribution is 5.26. The van der Waals surface area contributed by atoms with Crippen molar-refractivity contribution in [3.63, 3.8) is 0 Å². The van der Waals surface area contributed by atoms with E-state index >= 15 is 0 Å². The zero-order valence-electron chi connectivity index (χ0n) is 7.59. The third kappa shape index (κ3) is 1.46. The van der Waals surface area contributed by atoms with Crippen molar-refractivity contribution < 1.29 is 4.74 Å². The molecule has 0 aromatic carbocycles. The third-order valence-electron chi connectivity index (χ3n) is 2.23. The lowest BCUT2D eigenvalue weighted by atomic mass is 10.1. The Kier molecular flexibility index (Phi) is 2.35. The van der Waals surface area contributed by atoms with Crippen molar-refractivity contribution in [2.45, 2.75) is 20.1 Å². The van der Waals surface area contributed by atoms with Crippen LogP contribution < -0.4 is 0 Å². The van der Waals surface area contributed by atoms with Gasteiger partial charge in [0.25, 0.3) is 0 Å². The molecule has 0 amide bonds. The average Bonchev–Trinajstić information content (AvgIpc) is 2.01. The van der Waals surface area contributed by atoms with Crippen LogP contribution in [0.1, 0.15) is 13.8 Å². The summed E-state index contributed by atoms with van der Waals surface area (Å²) in [5, 5.41) is 0. The Morgan fingerprint density at radius 3 is 2.64 bits per heavy atom. The van der Waals surface area contributed by atoms with Crippen LogP contribution in [0, 0.1) is 0 Å². The number of ether oxygens (including phenoxy) is 1. The van der Waals surface area contributed by atoms with Gasteiger partial charge in [-0.1, -0.05) is 6.08 Å². The molecule has 0 fully saturated rings. The molecule has 0 radical (unpaired) electrons. The number of hydrogen-bond donors (Lipinski definition) is 0. The summed E-state index contributed by atoms with van der Waals surface area (Å²) >= 11 is 0. The largest absolute Gasteiger partial charge is 0.358 e. The van der Waals surface area contributed by atoms with Crippen molar-refractivity contribution in [2.24, 2.45) is 0 Å². The van der Waals surface area contributed by atoms with Gasteiger partial charge in [0.2, 0.25) is 0 Å². The van der Waals surface area contributed by atoms with E-state index in [1.807, 2.05) is 7.05 Å².